The van der Waals surface area contributed by atoms with Crippen LogP contribution in [0.25, 0.3) is 0 Å². The van der Waals surface area contributed by atoms with Gasteiger partial charge in [-0.2, -0.15) is 0 Å². The van der Waals surface area contributed by atoms with Crippen LogP contribution < -0.4 is 10.1 Å². The second kappa shape index (κ2) is 6.16. The maximum Gasteiger partial charge on any atom is 0.138 e. The van der Waals surface area contributed by atoms with Crippen molar-refractivity contribution in [3.63, 3.8) is 0 Å². The van der Waals surface area contributed by atoms with Crippen LogP contribution in [0.3, 0.4) is 0 Å². The third-order valence-corrected chi connectivity index (χ3v) is 1.70. The van der Waals surface area contributed by atoms with E-state index >= 15 is 0 Å². The van der Waals surface area contributed by atoms with Crippen LogP contribution in [0.1, 0.15) is 6.92 Å². The highest BCUT2D eigenvalue weighted by Crippen LogP contribution is 2.06. The molecular formula is C11H16N2O. The average molecular weight is 192 g/mol. The second-order valence-electron chi connectivity index (χ2n) is 3.01. The topological polar surface area (TPSA) is 34.1 Å². The molecule has 76 valence electrons. The first-order chi connectivity index (χ1) is 6.83. The summed E-state index contributed by atoms with van der Waals surface area (Å²) in [7, 11) is 0. The highest BCUT2D eigenvalue weighted by atomic mass is 16.5. The zero-order chi connectivity index (χ0) is 10.2. The number of hydrogen-bond donors (Lipinski definition) is 1. The van der Waals surface area contributed by atoms with Gasteiger partial charge in [-0.05, 0) is 24.3 Å². The van der Waals surface area contributed by atoms with Crippen LogP contribution in [0, 0.1) is 0 Å². The molecule has 14 heavy (non-hydrogen) atoms. The predicted octanol–water partition coefficient (Wildman–Crippen LogP) is 1.63. The Morgan fingerprint density at radius 3 is 3.14 bits per heavy atom. The van der Waals surface area contributed by atoms with Gasteiger partial charge in [0.25, 0.3) is 0 Å². The quantitative estimate of drug-likeness (QED) is 0.695. The molecule has 1 heterocycles. The van der Waals surface area contributed by atoms with E-state index < -0.39 is 0 Å². The van der Waals surface area contributed by atoms with Crippen LogP contribution in [0.2, 0.25) is 0 Å². The summed E-state index contributed by atoms with van der Waals surface area (Å²) >= 11 is 0. The molecular weight excluding hydrogens is 176 g/mol. The Kier molecular flexibility index (Phi) is 4.72. The van der Waals surface area contributed by atoms with Gasteiger partial charge in [0.05, 0.1) is 6.20 Å². The number of hydrogen-bond acceptors (Lipinski definition) is 3. The van der Waals surface area contributed by atoms with Gasteiger partial charge in [0, 0.05) is 12.7 Å². The molecule has 0 amide bonds. The van der Waals surface area contributed by atoms with Crippen LogP contribution in [0.15, 0.2) is 36.7 Å². The summed E-state index contributed by atoms with van der Waals surface area (Å²) in [6.45, 7) is 8.26. The van der Waals surface area contributed by atoms with Gasteiger partial charge in [0.15, 0.2) is 0 Å². The number of pyridine rings is 1. The fraction of sp³-hybridized carbons (Fsp3) is 0.364. The van der Waals surface area contributed by atoms with Crippen LogP contribution in [-0.4, -0.2) is 24.7 Å². The molecule has 0 saturated carbocycles. The first-order valence-corrected chi connectivity index (χ1v) is 4.73. The van der Waals surface area contributed by atoms with E-state index in [1.165, 1.54) is 0 Å². The van der Waals surface area contributed by atoms with Crippen LogP contribution in [0.4, 0.5) is 0 Å². The fourth-order valence-electron chi connectivity index (χ4n) is 0.971. The molecule has 1 aromatic heterocycles. The Bertz CT molecular complexity index is 272. The molecule has 3 heteroatoms. The van der Waals surface area contributed by atoms with E-state index in [-0.39, 0.29) is 0 Å². The summed E-state index contributed by atoms with van der Waals surface area (Å²) in [6.07, 6.45) is 3.42. The molecule has 0 fully saturated rings. The Morgan fingerprint density at radius 1 is 1.64 bits per heavy atom. The SMILES string of the molecule is C=C(CNCC)COc1cccnc1. The summed E-state index contributed by atoms with van der Waals surface area (Å²) in [5.41, 5.74) is 1.04. The Labute approximate surface area is 84.8 Å². The molecule has 0 radical (unpaired) electrons. The summed E-state index contributed by atoms with van der Waals surface area (Å²) < 4.78 is 5.46. The molecule has 0 aromatic carbocycles. The Balaban J connectivity index is 2.24. The third kappa shape index (κ3) is 4.05. The minimum atomic E-state index is 0.540. The van der Waals surface area contributed by atoms with Gasteiger partial charge in [0.1, 0.15) is 12.4 Å². The lowest BCUT2D eigenvalue weighted by Gasteiger charge is -2.08. The van der Waals surface area contributed by atoms with Crippen molar-refractivity contribution in [3.8, 4) is 5.75 Å². The van der Waals surface area contributed by atoms with Crippen molar-refractivity contribution in [2.24, 2.45) is 0 Å². The highest BCUT2D eigenvalue weighted by Gasteiger charge is 1.95. The van der Waals surface area contributed by atoms with Crippen LogP contribution >= 0.6 is 0 Å². The van der Waals surface area contributed by atoms with E-state index in [1.54, 1.807) is 12.4 Å². The van der Waals surface area contributed by atoms with Gasteiger partial charge in [-0.25, -0.2) is 0 Å². The smallest absolute Gasteiger partial charge is 0.138 e. The molecule has 0 atom stereocenters. The highest BCUT2D eigenvalue weighted by molar-refractivity contribution is 5.16. The maximum atomic E-state index is 5.46. The van der Waals surface area contributed by atoms with Crippen LogP contribution in [0.5, 0.6) is 5.75 Å². The van der Waals surface area contributed by atoms with Gasteiger partial charge >= 0.3 is 0 Å². The zero-order valence-corrected chi connectivity index (χ0v) is 8.49. The summed E-state index contributed by atoms with van der Waals surface area (Å²) in [6, 6.07) is 3.73. The molecule has 0 bridgehead atoms. The van der Waals surface area contributed by atoms with E-state index in [4.69, 9.17) is 4.74 Å². The molecule has 0 aliphatic carbocycles. The minimum Gasteiger partial charge on any atom is -0.488 e. The number of aromatic nitrogens is 1. The molecule has 0 aliphatic heterocycles. The van der Waals surface area contributed by atoms with E-state index in [1.807, 2.05) is 12.1 Å². The van der Waals surface area contributed by atoms with Gasteiger partial charge in [-0.15, -0.1) is 0 Å². The number of ether oxygens (including phenoxy) is 1. The number of likely N-dealkylation sites (N-methyl/N-ethyl adjacent to an activating group) is 1. The molecule has 1 rings (SSSR count). The molecule has 0 unspecified atom stereocenters. The molecule has 1 aromatic rings. The predicted molar refractivity (Wildman–Crippen MR) is 57.4 cm³/mol. The molecule has 0 aliphatic rings. The van der Waals surface area contributed by atoms with Gasteiger partial charge in [0.2, 0.25) is 0 Å². The third-order valence-electron chi connectivity index (χ3n) is 1.70. The van der Waals surface area contributed by atoms with Crippen molar-refractivity contribution < 1.29 is 4.74 Å². The molecule has 3 nitrogen and oxygen atoms in total. The average Bonchev–Trinajstić information content (AvgIpc) is 2.25. The lowest BCUT2D eigenvalue weighted by atomic mass is 10.3. The summed E-state index contributed by atoms with van der Waals surface area (Å²) in [5, 5.41) is 3.19. The normalized spacial score (nSPS) is 9.79. The van der Waals surface area contributed by atoms with Crippen molar-refractivity contribution in [2.75, 3.05) is 19.7 Å². The minimum absolute atomic E-state index is 0.540. The summed E-state index contributed by atoms with van der Waals surface area (Å²) in [5.74, 6) is 0.783. The van der Waals surface area contributed by atoms with Crippen molar-refractivity contribution in [1.82, 2.24) is 10.3 Å². The zero-order valence-electron chi connectivity index (χ0n) is 8.49. The van der Waals surface area contributed by atoms with Crippen molar-refractivity contribution in [2.45, 2.75) is 6.92 Å². The van der Waals surface area contributed by atoms with E-state index in [0.717, 1.165) is 24.4 Å². The number of rotatable bonds is 6. The molecule has 0 saturated heterocycles. The van der Waals surface area contributed by atoms with Gasteiger partial charge < -0.3 is 10.1 Å². The largest absolute Gasteiger partial charge is 0.488 e. The van der Waals surface area contributed by atoms with Crippen molar-refractivity contribution in [1.29, 1.82) is 0 Å². The monoisotopic (exact) mass is 192 g/mol. The Hall–Kier alpha value is -1.35. The van der Waals surface area contributed by atoms with Gasteiger partial charge in [-0.3, -0.25) is 4.98 Å². The van der Waals surface area contributed by atoms with E-state index in [0.29, 0.717) is 6.61 Å². The summed E-state index contributed by atoms with van der Waals surface area (Å²) in [4.78, 5) is 3.95. The standard InChI is InChI=1S/C11H16N2O/c1-3-12-7-10(2)9-14-11-5-4-6-13-8-11/h4-6,8,12H,2-3,7,9H2,1H3. The van der Waals surface area contributed by atoms with Crippen molar-refractivity contribution >= 4 is 0 Å². The number of nitrogens with one attached hydrogen (secondary N) is 1. The number of nitrogens with zero attached hydrogens (tertiary/aromatic N) is 1. The van der Waals surface area contributed by atoms with Crippen LogP contribution in [-0.2, 0) is 0 Å². The Morgan fingerprint density at radius 2 is 2.50 bits per heavy atom. The van der Waals surface area contributed by atoms with Crippen molar-refractivity contribution in [3.05, 3.63) is 36.7 Å². The lowest BCUT2D eigenvalue weighted by Crippen LogP contribution is -2.18. The lowest BCUT2D eigenvalue weighted by molar-refractivity contribution is 0.347. The first kappa shape index (κ1) is 10.7. The van der Waals surface area contributed by atoms with E-state index in [2.05, 4.69) is 23.8 Å². The van der Waals surface area contributed by atoms with Gasteiger partial charge in [-0.1, -0.05) is 13.5 Å². The fourth-order valence-corrected chi connectivity index (χ4v) is 0.971. The molecule has 1 N–H and O–H groups in total. The van der Waals surface area contributed by atoms with E-state index in [9.17, 15) is 0 Å². The molecule has 0 spiro atoms. The maximum absolute atomic E-state index is 5.46. The second-order valence-corrected chi connectivity index (χ2v) is 3.01. The first-order valence-electron chi connectivity index (χ1n) is 4.73.